The molecule has 0 fully saturated rings. The van der Waals surface area contributed by atoms with Crippen LogP contribution in [-0.4, -0.2) is 46.1 Å². The molecule has 0 aliphatic carbocycles. The van der Waals surface area contributed by atoms with Gasteiger partial charge in [0.1, 0.15) is 6.10 Å². The van der Waals surface area contributed by atoms with E-state index in [1.807, 2.05) is 0 Å². The molecule has 0 saturated carbocycles. The second kappa shape index (κ2) is 55.7. The Labute approximate surface area is 408 Å². The number of unbranched alkanes of at least 4 members (excludes halogenated alkanes) is 46. The van der Waals surface area contributed by atoms with Crippen molar-refractivity contribution in [3.8, 4) is 0 Å². The fourth-order valence-corrected chi connectivity index (χ4v) is 9.72. The SMILES string of the molecule is CCCCCCCCCCCCCC/C=C\CCCCCCCCCCCCCCCCCC(O)C(=O)NC(CO)C(O)CCCCCCCCCCCCCCCCCCCCCC. The van der Waals surface area contributed by atoms with Crippen LogP contribution >= 0.6 is 0 Å². The number of nitrogens with one attached hydrogen (secondary N) is 1. The molecule has 5 heteroatoms. The van der Waals surface area contributed by atoms with Gasteiger partial charge < -0.3 is 20.6 Å². The summed E-state index contributed by atoms with van der Waals surface area (Å²) in [7, 11) is 0. The molecule has 0 aromatic rings. The van der Waals surface area contributed by atoms with E-state index in [0.29, 0.717) is 12.8 Å². The zero-order chi connectivity index (χ0) is 47.2. The van der Waals surface area contributed by atoms with Crippen molar-refractivity contribution in [2.24, 2.45) is 0 Å². The average Bonchev–Trinajstić information content (AvgIpc) is 3.31. The Morgan fingerprint density at radius 1 is 0.354 bits per heavy atom. The number of carbonyl (C=O) groups is 1. The van der Waals surface area contributed by atoms with E-state index >= 15 is 0 Å². The van der Waals surface area contributed by atoms with Crippen molar-refractivity contribution < 1.29 is 20.1 Å². The molecular formula is C60H119NO4. The van der Waals surface area contributed by atoms with Gasteiger partial charge in [-0.05, 0) is 38.5 Å². The van der Waals surface area contributed by atoms with Gasteiger partial charge in [0.05, 0.1) is 18.8 Å². The highest BCUT2D eigenvalue weighted by molar-refractivity contribution is 5.80. The van der Waals surface area contributed by atoms with Crippen LogP contribution in [0.25, 0.3) is 0 Å². The van der Waals surface area contributed by atoms with Crippen LogP contribution < -0.4 is 5.32 Å². The van der Waals surface area contributed by atoms with Gasteiger partial charge in [-0.3, -0.25) is 4.79 Å². The molecule has 0 spiro atoms. The summed E-state index contributed by atoms with van der Waals surface area (Å²) in [6.45, 7) is 4.28. The molecule has 65 heavy (non-hydrogen) atoms. The summed E-state index contributed by atoms with van der Waals surface area (Å²) in [6.07, 6.45) is 69.9. The third-order valence-electron chi connectivity index (χ3n) is 14.4. The third kappa shape index (κ3) is 50.8. The van der Waals surface area contributed by atoms with E-state index in [-0.39, 0.29) is 6.61 Å². The Bertz CT molecular complexity index is 925. The first-order chi connectivity index (χ1) is 32.1. The molecule has 0 radical (unpaired) electrons. The monoisotopic (exact) mass is 918 g/mol. The van der Waals surface area contributed by atoms with E-state index in [1.165, 1.54) is 283 Å². The predicted octanol–water partition coefficient (Wildman–Crippen LogP) is 18.7. The first-order valence-corrected chi connectivity index (χ1v) is 30.0. The molecule has 0 rings (SSSR count). The highest BCUT2D eigenvalue weighted by Gasteiger charge is 2.23. The van der Waals surface area contributed by atoms with E-state index in [4.69, 9.17) is 0 Å². The molecule has 4 N–H and O–H groups in total. The van der Waals surface area contributed by atoms with E-state index in [9.17, 15) is 20.1 Å². The lowest BCUT2D eigenvalue weighted by Gasteiger charge is -2.23. The number of hydrogen-bond donors (Lipinski definition) is 4. The minimum atomic E-state index is -1.07. The third-order valence-corrected chi connectivity index (χ3v) is 14.4. The number of aliphatic hydroxyl groups is 3. The largest absolute Gasteiger partial charge is 0.394 e. The van der Waals surface area contributed by atoms with Crippen LogP contribution in [0.15, 0.2) is 12.2 Å². The minimum Gasteiger partial charge on any atom is -0.394 e. The molecule has 5 nitrogen and oxygen atoms in total. The maximum Gasteiger partial charge on any atom is 0.249 e. The van der Waals surface area contributed by atoms with E-state index < -0.39 is 24.2 Å². The predicted molar refractivity (Wildman–Crippen MR) is 287 cm³/mol. The highest BCUT2D eigenvalue weighted by Crippen LogP contribution is 2.18. The van der Waals surface area contributed by atoms with E-state index in [0.717, 1.165) is 32.1 Å². The molecule has 3 atom stereocenters. The van der Waals surface area contributed by atoms with Gasteiger partial charge in [-0.25, -0.2) is 0 Å². The summed E-state index contributed by atoms with van der Waals surface area (Å²) in [6, 6.07) is -0.710. The average molecular weight is 919 g/mol. The Balaban J connectivity index is 3.48. The van der Waals surface area contributed by atoms with E-state index in [2.05, 4.69) is 31.3 Å². The molecule has 0 aromatic carbocycles. The molecule has 1 amide bonds. The van der Waals surface area contributed by atoms with Gasteiger partial charge in [-0.15, -0.1) is 0 Å². The number of carbonyl (C=O) groups excluding carboxylic acids is 1. The summed E-state index contributed by atoms with van der Waals surface area (Å²) in [5, 5.41) is 33.6. The van der Waals surface area contributed by atoms with Gasteiger partial charge in [0.15, 0.2) is 0 Å². The summed E-state index contributed by atoms with van der Waals surface area (Å²) in [5.74, 6) is -0.463. The number of aliphatic hydroxyl groups excluding tert-OH is 3. The Morgan fingerprint density at radius 2 is 0.585 bits per heavy atom. The lowest BCUT2D eigenvalue weighted by Crippen LogP contribution is -2.49. The normalized spacial score (nSPS) is 13.2. The van der Waals surface area contributed by atoms with Gasteiger partial charge in [0.2, 0.25) is 5.91 Å². The lowest BCUT2D eigenvalue weighted by molar-refractivity contribution is -0.131. The molecule has 0 aliphatic heterocycles. The van der Waals surface area contributed by atoms with Gasteiger partial charge in [0, 0.05) is 0 Å². The van der Waals surface area contributed by atoms with Crippen LogP contribution in [0.5, 0.6) is 0 Å². The highest BCUT2D eigenvalue weighted by atomic mass is 16.3. The molecule has 0 heterocycles. The Kier molecular flexibility index (Phi) is 54.9. The number of rotatable bonds is 56. The van der Waals surface area contributed by atoms with E-state index in [1.54, 1.807) is 0 Å². The smallest absolute Gasteiger partial charge is 0.249 e. The van der Waals surface area contributed by atoms with Crippen LogP contribution in [-0.2, 0) is 4.79 Å². The van der Waals surface area contributed by atoms with Gasteiger partial charge in [0.25, 0.3) is 0 Å². The first-order valence-electron chi connectivity index (χ1n) is 30.0. The molecule has 0 aliphatic rings. The molecular weight excluding hydrogens is 799 g/mol. The van der Waals surface area contributed by atoms with Crippen molar-refractivity contribution in [2.75, 3.05) is 6.61 Å². The fraction of sp³-hybridized carbons (Fsp3) is 0.950. The summed E-state index contributed by atoms with van der Waals surface area (Å²) < 4.78 is 0. The summed E-state index contributed by atoms with van der Waals surface area (Å²) in [5.41, 5.74) is 0. The van der Waals surface area contributed by atoms with Crippen LogP contribution in [0.4, 0.5) is 0 Å². The number of amides is 1. The van der Waals surface area contributed by atoms with Gasteiger partial charge in [-0.1, -0.05) is 315 Å². The number of hydrogen-bond acceptors (Lipinski definition) is 4. The van der Waals surface area contributed by atoms with Crippen molar-refractivity contribution >= 4 is 5.91 Å². The zero-order valence-electron chi connectivity index (χ0n) is 44.4. The molecule has 3 unspecified atom stereocenters. The van der Waals surface area contributed by atoms with Crippen LogP contribution in [0.1, 0.15) is 341 Å². The Morgan fingerprint density at radius 3 is 0.846 bits per heavy atom. The van der Waals surface area contributed by atoms with Crippen molar-refractivity contribution in [3.63, 3.8) is 0 Å². The van der Waals surface area contributed by atoms with Crippen LogP contribution in [0.2, 0.25) is 0 Å². The van der Waals surface area contributed by atoms with Crippen LogP contribution in [0.3, 0.4) is 0 Å². The van der Waals surface area contributed by atoms with Crippen molar-refractivity contribution in [1.29, 1.82) is 0 Å². The maximum atomic E-state index is 12.6. The van der Waals surface area contributed by atoms with Crippen molar-refractivity contribution in [2.45, 2.75) is 360 Å². The first kappa shape index (κ1) is 64.1. The molecule has 388 valence electrons. The topological polar surface area (TPSA) is 89.8 Å². The quantitative estimate of drug-likeness (QED) is 0.0361. The Hall–Kier alpha value is -0.910. The van der Waals surface area contributed by atoms with Crippen LogP contribution in [0, 0.1) is 0 Å². The van der Waals surface area contributed by atoms with Crippen molar-refractivity contribution in [3.05, 3.63) is 12.2 Å². The zero-order valence-corrected chi connectivity index (χ0v) is 44.4. The van der Waals surface area contributed by atoms with Crippen molar-refractivity contribution in [1.82, 2.24) is 5.32 Å². The summed E-state index contributed by atoms with van der Waals surface area (Å²) >= 11 is 0. The maximum absolute atomic E-state index is 12.6. The second-order valence-corrected chi connectivity index (χ2v) is 20.9. The summed E-state index contributed by atoms with van der Waals surface area (Å²) in [4.78, 5) is 12.6. The fourth-order valence-electron chi connectivity index (χ4n) is 9.72. The molecule has 0 aromatic heterocycles. The van der Waals surface area contributed by atoms with Gasteiger partial charge >= 0.3 is 0 Å². The molecule has 0 saturated heterocycles. The van der Waals surface area contributed by atoms with Gasteiger partial charge in [-0.2, -0.15) is 0 Å². The minimum absolute atomic E-state index is 0.309. The standard InChI is InChI=1S/C60H119NO4/c1-3-5-7-9-11-13-15-17-19-21-23-25-26-27-28-29-30-31-32-33-34-35-37-39-41-43-45-47-49-51-53-55-59(64)60(65)61-57(56-62)58(63)54-52-50-48-46-44-42-40-38-36-24-22-20-18-16-14-12-10-8-6-4-2/h27-28,57-59,62-64H,3-26,29-56H2,1-2H3,(H,61,65)/b28-27-. The lowest BCUT2D eigenvalue weighted by atomic mass is 10.0. The number of allylic oxidation sites excluding steroid dienone is 2. The second-order valence-electron chi connectivity index (χ2n) is 20.9. The molecule has 0 bridgehead atoms.